The lowest BCUT2D eigenvalue weighted by molar-refractivity contribution is 0.334. The summed E-state index contributed by atoms with van der Waals surface area (Å²) >= 11 is 0. The lowest BCUT2D eigenvalue weighted by atomic mass is 10.0. The highest BCUT2D eigenvalue weighted by atomic mass is 15.1. The van der Waals surface area contributed by atoms with Gasteiger partial charge in [-0.1, -0.05) is 12.7 Å². The lowest BCUT2D eigenvalue weighted by Crippen LogP contribution is -2.21. The Labute approximate surface area is 227 Å². The van der Waals surface area contributed by atoms with Crippen LogP contribution in [0.5, 0.6) is 0 Å². The molecule has 39 heavy (non-hydrogen) atoms. The Morgan fingerprint density at radius 2 is 1.87 bits per heavy atom. The molecule has 6 heterocycles. The highest BCUT2D eigenvalue weighted by Crippen LogP contribution is 2.27. The number of allylic oxidation sites excluding steroid dienone is 2. The van der Waals surface area contributed by atoms with E-state index < -0.39 is 0 Å². The minimum atomic E-state index is 0.653. The maximum Gasteiger partial charge on any atom is 0.159 e. The monoisotopic (exact) mass is 516 g/mol. The second-order valence-corrected chi connectivity index (χ2v) is 10.1. The van der Waals surface area contributed by atoms with Gasteiger partial charge in [0.25, 0.3) is 0 Å². The molecule has 5 aromatic rings. The highest BCUT2D eigenvalue weighted by molar-refractivity contribution is 5.92. The van der Waals surface area contributed by atoms with Crippen LogP contribution in [-0.4, -0.2) is 59.7 Å². The predicted molar refractivity (Wildman–Crippen MR) is 156 cm³/mol. The van der Waals surface area contributed by atoms with E-state index in [0.29, 0.717) is 11.5 Å². The lowest BCUT2D eigenvalue weighted by Gasteiger charge is -2.14. The van der Waals surface area contributed by atoms with E-state index in [1.807, 2.05) is 36.8 Å². The van der Waals surface area contributed by atoms with Gasteiger partial charge in [0.05, 0.1) is 22.6 Å². The number of imidazole rings is 1. The molecule has 0 aromatic carbocycles. The average molecular weight is 517 g/mol. The Kier molecular flexibility index (Phi) is 7.10. The first-order valence-electron chi connectivity index (χ1n) is 13.5. The molecule has 8 nitrogen and oxygen atoms in total. The third kappa shape index (κ3) is 5.42. The Hall–Kier alpha value is -4.43. The number of nitrogens with one attached hydrogen (secondary N) is 2. The fourth-order valence-electron chi connectivity index (χ4n) is 5.16. The van der Waals surface area contributed by atoms with Crippen molar-refractivity contribution < 1.29 is 0 Å². The standard InChI is InChI=1S/C31H32N8/c1-21(25-16-23(17-33-18-25)6-5-15-39-13-3-4-14-39)7-8-27-22(2)29(38-37-27)31-35-28-20-34-19-26(30(28)36-31)24-9-11-32-12-10-24/h7-12,16-20,37H,2-6,13-15H2,1H3,(H,35,36)/b21-7+,27-8+. The molecule has 5 aromatic heterocycles. The van der Waals surface area contributed by atoms with Crippen molar-refractivity contribution in [2.45, 2.75) is 32.6 Å². The Balaban J connectivity index is 1.22. The van der Waals surface area contributed by atoms with Gasteiger partial charge in [-0.25, -0.2) is 4.98 Å². The number of hydrogen-bond donors (Lipinski definition) is 2. The zero-order chi connectivity index (χ0) is 26.6. The molecule has 1 fully saturated rings. The maximum atomic E-state index is 4.86. The minimum Gasteiger partial charge on any atom is -0.335 e. The molecule has 0 amide bonds. The number of aromatic amines is 2. The zero-order valence-electron chi connectivity index (χ0n) is 22.2. The van der Waals surface area contributed by atoms with E-state index >= 15 is 0 Å². The predicted octanol–water partition coefficient (Wildman–Crippen LogP) is 4.13. The van der Waals surface area contributed by atoms with Crippen molar-refractivity contribution in [3.8, 4) is 22.6 Å². The van der Waals surface area contributed by atoms with Crippen molar-refractivity contribution in [1.82, 2.24) is 40.0 Å². The van der Waals surface area contributed by atoms with Gasteiger partial charge in [-0.15, -0.1) is 0 Å². The second-order valence-electron chi connectivity index (χ2n) is 10.1. The first-order valence-corrected chi connectivity index (χ1v) is 13.5. The fraction of sp³-hybridized carbons (Fsp3) is 0.258. The molecule has 196 valence electrons. The quantitative estimate of drug-likeness (QED) is 0.322. The largest absolute Gasteiger partial charge is 0.335 e. The summed E-state index contributed by atoms with van der Waals surface area (Å²) in [6.45, 7) is 10.1. The normalized spacial score (nSPS) is 15.0. The summed E-state index contributed by atoms with van der Waals surface area (Å²) in [5.74, 6) is 0.653. The van der Waals surface area contributed by atoms with Crippen molar-refractivity contribution in [2.75, 3.05) is 19.6 Å². The molecule has 0 bridgehead atoms. The third-order valence-corrected chi connectivity index (χ3v) is 7.40. The van der Waals surface area contributed by atoms with E-state index in [-0.39, 0.29) is 0 Å². The van der Waals surface area contributed by atoms with E-state index in [1.54, 1.807) is 18.6 Å². The number of hydrogen-bond acceptors (Lipinski definition) is 6. The zero-order valence-corrected chi connectivity index (χ0v) is 22.2. The van der Waals surface area contributed by atoms with Crippen LogP contribution in [0.4, 0.5) is 0 Å². The van der Waals surface area contributed by atoms with E-state index in [2.05, 4.69) is 60.7 Å². The molecular weight excluding hydrogens is 484 g/mol. The number of likely N-dealkylation sites (tertiary alicyclic amines) is 1. The Morgan fingerprint density at radius 1 is 1.05 bits per heavy atom. The molecule has 0 radical (unpaired) electrons. The van der Waals surface area contributed by atoms with Crippen LogP contribution in [0.3, 0.4) is 0 Å². The van der Waals surface area contributed by atoms with Crippen LogP contribution in [0.25, 0.3) is 51.9 Å². The number of pyridine rings is 3. The van der Waals surface area contributed by atoms with Crippen LogP contribution in [0.1, 0.15) is 37.3 Å². The number of nitrogens with zero attached hydrogens (tertiary/aromatic N) is 6. The fourth-order valence-corrected chi connectivity index (χ4v) is 5.16. The number of fused-ring (bicyclic) bond motifs is 1. The van der Waals surface area contributed by atoms with Gasteiger partial charge in [0, 0.05) is 41.8 Å². The molecule has 0 saturated carbocycles. The third-order valence-electron chi connectivity index (χ3n) is 7.40. The molecule has 0 spiro atoms. The number of aromatic nitrogens is 7. The molecule has 0 aliphatic carbocycles. The topological polar surface area (TPSA) is 99.3 Å². The van der Waals surface area contributed by atoms with Crippen molar-refractivity contribution in [1.29, 1.82) is 0 Å². The van der Waals surface area contributed by atoms with Gasteiger partial charge in [-0.05, 0) is 98.8 Å². The highest BCUT2D eigenvalue weighted by Gasteiger charge is 2.14. The van der Waals surface area contributed by atoms with Crippen LogP contribution in [0.15, 0.2) is 61.5 Å². The second kappa shape index (κ2) is 11.1. The SMILES string of the molecule is C=c1c(-c2nc3c(-c4ccncc4)cncc3[nH]2)n[nH]/c1=C/C=C(\C)c1cncc(CCCN2CCCC2)c1. The summed E-state index contributed by atoms with van der Waals surface area (Å²) in [5, 5.41) is 9.27. The summed E-state index contributed by atoms with van der Waals surface area (Å²) in [4.78, 5) is 23.8. The van der Waals surface area contributed by atoms with Crippen molar-refractivity contribution in [2.24, 2.45) is 0 Å². The van der Waals surface area contributed by atoms with Gasteiger partial charge >= 0.3 is 0 Å². The van der Waals surface area contributed by atoms with Gasteiger partial charge in [0.15, 0.2) is 5.82 Å². The molecule has 0 unspecified atom stereocenters. The molecule has 1 aliphatic rings. The summed E-state index contributed by atoms with van der Waals surface area (Å²) in [6, 6.07) is 6.16. The molecular formula is C31H32N8. The molecule has 8 heteroatoms. The summed E-state index contributed by atoms with van der Waals surface area (Å²) in [5.41, 5.74) is 7.87. The van der Waals surface area contributed by atoms with Gasteiger partial charge in [0.2, 0.25) is 0 Å². The molecule has 1 saturated heterocycles. The summed E-state index contributed by atoms with van der Waals surface area (Å²) < 4.78 is 0. The first-order chi connectivity index (χ1) is 19.2. The van der Waals surface area contributed by atoms with Gasteiger partial charge in [-0.3, -0.25) is 20.1 Å². The van der Waals surface area contributed by atoms with Gasteiger partial charge < -0.3 is 9.88 Å². The smallest absolute Gasteiger partial charge is 0.159 e. The summed E-state index contributed by atoms with van der Waals surface area (Å²) in [6.07, 6.45) is 20.1. The molecule has 6 rings (SSSR count). The van der Waals surface area contributed by atoms with E-state index in [1.165, 1.54) is 44.5 Å². The van der Waals surface area contributed by atoms with Crippen molar-refractivity contribution in [3.05, 3.63) is 83.2 Å². The number of aryl methyl sites for hydroxylation is 1. The van der Waals surface area contributed by atoms with Crippen LogP contribution in [0, 0.1) is 0 Å². The average Bonchev–Trinajstić information content (AvgIpc) is 3.72. The van der Waals surface area contributed by atoms with Crippen LogP contribution >= 0.6 is 0 Å². The van der Waals surface area contributed by atoms with Gasteiger partial charge in [0.1, 0.15) is 5.69 Å². The van der Waals surface area contributed by atoms with Crippen LogP contribution < -0.4 is 10.6 Å². The van der Waals surface area contributed by atoms with Crippen LogP contribution in [-0.2, 0) is 6.42 Å². The minimum absolute atomic E-state index is 0.653. The van der Waals surface area contributed by atoms with Crippen molar-refractivity contribution in [3.63, 3.8) is 0 Å². The van der Waals surface area contributed by atoms with Crippen molar-refractivity contribution >= 4 is 29.3 Å². The molecule has 2 N–H and O–H groups in total. The number of H-pyrrole nitrogens is 2. The maximum absolute atomic E-state index is 4.86. The summed E-state index contributed by atoms with van der Waals surface area (Å²) in [7, 11) is 0. The first kappa shape index (κ1) is 24.9. The van der Waals surface area contributed by atoms with E-state index in [9.17, 15) is 0 Å². The Morgan fingerprint density at radius 3 is 2.72 bits per heavy atom. The van der Waals surface area contributed by atoms with Crippen LogP contribution in [0.2, 0.25) is 0 Å². The van der Waals surface area contributed by atoms with E-state index in [4.69, 9.17) is 4.98 Å². The number of rotatable bonds is 8. The van der Waals surface area contributed by atoms with E-state index in [0.717, 1.165) is 50.3 Å². The molecule has 1 aliphatic heterocycles. The Bertz CT molecular complexity index is 1730. The molecule has 0 atom stereocenters. The van der Waals surface area contributed by atoms with Gasteiger partial charge in [-0.2, -0.15) is 5.10 Å².